The number of H-pyrrole nitrogens is 1. The zero-order chi connectivity index (χ0) is 13.9. The molecule has 0 saturated carbocycles. The van der Waals surface area contributed by atoms with Crippen LogP contribution in [0.3, 0.4) is 0 Å². The van der Waals surface area contributed by atoms with Gasteiger partial charge in [0.2, 0.25) is 0 Å². The van der Waals surface area contributed by atoms with E-state index in [1.807, 2.05) is 30.5 Å². The van der Waals surface area contributed by atoms with Gasteiger partial charge in [0.1, 0.15) is 0 Å². The Balaban J connectivity index is 1.86. The van der Waals surface area contributed by atoms with Gasteiger partial charge < -0.3 is 10.3 Å². The molecule has 1 heterocycles. The van der Waals surface area contributed by atoms with Gasteiger partial charge in [-0.2, -0.15) is 5.26 Å². The molecule has 0 bridgehead atoms. The van der Waals surface area contributed by atoms with E-state index in [1.54, 1.807) is 30.3 Å². The number of aromatic amines is 1. The standard InChI is InChI=1S/C16H11N3O/c17-10-11-2-1-3-14(8-11)19-16(20)13-4-5-15-12(9-13)6-7-18-15/h1-9,18H,(H,19,20). The molecule has 0 unspecified atom stereocenters. The molecule has 0 saturated heterocycles. The lowest BCUT2D eigenvalue weighted by atomic mass is 10.1. The number of anilines is 1. The van der Waals surface area contributed by atoms with E-state index in [9.17, 15) is 4.79 Å². The molecule has 3 rings (SSSR count). The Labute approximate surface area is 115 Å². The first kappa shape index (κ1) is 12.0. The number of nitriles is 1. The van der Waals surface area contributed by atoms with E-state index in [0.29, 0.717) is 16.8 Å². The molecular weight excluding hydrogens is 250 g/mol. The lowest BCUT2D eigenvalue weighted by Crippen LogP contribution is -2.11. The molecule has 2 N–H and O–H groups in total. The van der Waals surface area contributed by atoms with Crippen LogP contribution in [0.4, 0.5) is 5.69 Å². The highest BCUT2D eigenvalue weighted by Gasteiger charge is 2.07. The maximum Gasteiger partial charge on any atom is 0.255 e. The zero-order valence-electron chi connectivity index (χ0n) is 10.6. The Morgan fingerprint density at radius 2 is 2.05 bits per heavy atom. The van der Waals surface area contributed by atoms with Crippen molar-refractivity contribution >= 4 is 22.5 Å². The molecule has 96 valence electrons. The fraction of sp³-hybridized carbons (Fsp3) is 0. The van der Waals surface area contributed by atoms with Crippen LogP contribution in [0.5, 0.6) is 0 Å². The Morgan fingerprint density at radius 3 is 2.90 bits per heavy atom. The van der Waals surface area contributed by atoms with E-state index in [-0.39, 0.29) is 5.91 Å². The van der Waals surface area contributed by atoms with Gasteiger partial charge >= 0.3 is 0 Å². The number of amides is 1. The van der Waals surface area contributed by atoms with Crippen LogP contribution in [0, 0.1) is 11.3 Å². The van der Waals surface area contributed by atoms with Crippen molar-refractivity contribution in [3.05, 3.63) is 65.9 Å². The van der Waals surface area contributed by atoms with E-state index in [1.165, 1.54) is 0 Å². The Hall–Kier alpha value is -3.06. The summed E-state index contributed by atoms with van der Waals surface area (Å²) in [5, 5.41) is 12.6. The first-order chi connectivity index (χ1) is 9.76. The van der Waals surface area contributed by atoms with E-state index in [4.69, 9.17) is 5.26 Å². The van der Waals surface area contributed by atoms with Gasteiger partial charge in [-0.15, -0.1) is 0 Å². The summed E-state index contributed by atoms with van der Waals surface area (Å²) in [4.78, 5) is 15.3. The summed E-state index contributed by atoms with van der Waals surface area (Å²) in [6, 6.07) is 16.3. The SMILES string of the molecule is N#Cc1cccc(NC(=O)c2ccc3[nH]ccc3c2)c1. The van der Waals surface area contributed by atoms with Crippen LogP contribution in [0.2, 0.25) is 0 Å². The van der Waals surface area contributed by atoms with Gasteiger partial charge in [0.25, 0.3) is 5.91 Å². The quantitative estimate of drug-likeness (QED) is 0.743. The Bertz CT molecular complexity index is 827. The highest BCUT2D eigenvalue weighted by Crippen LogP contribution is 2.16. The molecule has 2 aromatic carbocycles. The van der Waals surface area contributed by atoms with Crippen molar-refractivity contribution in [2.24, 2.45) is 0 Å². The normalized spacial score (nSPS) is 10.2. The van der Waals surface area contributed by atoms with Crippen LogP contribution in [0.1, 0.15) is 15.9 Å². The summed E-state index contributed by atoms with van der Waals surface area (Å²) in [5.74, 6) is -0.191. The lowest BCUT2D eigenvalue weighted by Gasteiger charge is -2.05. The van der Waals surface area contributed by atoms with Gasteiger partial charge in [0, 0.05) is 28.4 Å². The number of nitrogens with zero attached hydrogens (tertiary/aromatic N) is 1. The fourth-order valence-corrected chi connectivity index (χ4v) is 2.06. The first-order valence-corrected chi connectivity index (χ1v) is 6.15. The van der Waals surface area contributed by atoms with Crippen molar-refractivity contribution in [1.82, 2.24) is 4.98 Å². The molecule has 0 aliphatic heterocycles. The number of aromatic nitrogens is 1. The summed E-state index contributed by atoms with van der Waals surface area (Å²) in [6.45, 7) is 0. The minimum atomic E-state index is -0.191. The zero-order valence-corrected chi connectivity index (χ0v) is 10.6. The number of hydrogen-bond acceptors (Lipinski definition) is 2. The Morgan fingerprint density at radius 1 is 1.15 bits per heavy atom. The van der Waals surface area contributed by atoms with Crippen molar-refractivity contribution in [2.45, 2.75) is 0 Å². The third kappa shape index (κ3) is 2.25. The maximum absolute atomic E-state index is 12.2. The third-order valence-electron chi connectivity index (χ3n) is 3.07. The largest absolute Gasteiger partial charge is 0.361 e. The third-order valence-corrected chi connectivity index (χ3v) is 3.07. The van der Waals surface area contributed by atoms with Crippen molar-refractivity contribution < 1.29 is 4.79 Å². The van der Waals surface area contributed by atoms with Crippen molar-refractivity contribution in [3.8, 4) is 6.07 Å². The predicted octanol–water partition coefficient (Wildman–Crippen LogP) is 3.29. The summed E-state index contributed by atoms with van der Waals surface area (Å²) >= 11 is 0. The first-order valence-electron chi connectivity index (χ1n) is 6.15. The molecule has 20 heavy (non-hydrogen) atoms. The molecular formula is C16H11N3O. The summed E-state index contributed by atoms with van der Waals surface area (Å²) < 4.78 is 0. The lowest BCUT2D eigenvalue weighted by molar-refractivity contribution is 0.102. The van der Waals surface area contributed by atoms with Gasteiger partial charge in [0.05, 0.1) is 11.6 Å². The van der Waals surface area contributed by atoms with Gasteiger partial charge in [-0.1, -0.05) is 6.07 Å². The van der Waals surface area contributed by atoms with E-state index in [2.05, 4.69) is 10.3 Å². The molecule has 0 aliphatic rings. The highest BCUT2D eigenvalue weighted by molar-refractivity contribution is 6.06. The number of carbonyl (C=O) groups excluding carboxylic acids is 1. The number of nitrogens with one attached hydrogen (secondary N) is 2. The maximum atomic E-state index is 12.2. The van der Waals surface area contributed by atoms with Crippen LogP contribution in [0.25, 0.3) is 10.9 Å². The van der Waals surface area contributed by atoms with Gasteiger partial charge in [0.15, 0.2) is 0 Å². The minimum Gasteiger partial charge on any atom is -0.361 e. The number of fused-ring (bicyclic) bond motifs is 1. The smallest absolute Gasteiger partial charge is 0.255 e. The van der Waals surface area contributed by atoms with Gasteiger partial charge in [-0.05, 0) is 42.5 Å². The molecule has 1 aromatic heterocycles. The Kier molecular flexibility index (Phi) is 2.94. The second kappa shape index (κ2) is 4.90. The molecule has 1 amide bonds. The van der Waals surface area contributed by atoms with Crippen LogP contribution < -0.4 is 5.32 Å². The van der Waals surface area contributed by atoms with Gasteiger partial charge in [-0.3, -0.25) is 4.79 Å². The molecule has 4 nitrogen and oxygen atoms in total. The monoisotopic (exact) mass is 261 g/mol. The second-order valence-corrected chi connectivity index (χ2v) is 4.43. The van der Waals surface area contributed by atoms with E-state index >= 15 is 0 Å². The molecule has 4 heteroatoms. The molecule has 0 spiro atoms. The molecule has 0 fully saturated rings. The number of carbonyl (C=O) groups is 1. The average Bonchev–Trinajstić information content (AvgIpc) is 2.94. The molecule has 0 radical (unpaired) electrons. The van der Waals surface area contributed by atoms with Crippen LogP contribution in [-0.2, 0) is 0 Å². The van der Waals surface area contributed by atoms with Crippen molar-refractivity contribution in [1.29, 1.82) is 5.26 Å². The van der Waals surface area contributed by atoms with Crippen LogP contribution in [0.15, 0.2) is 54.7 Å². The van der Waals surface area contributed by atoms with Crippen molar-refractivity contribution in [2.75, 3.05) is 5.32 Å². The molecule has 0 atom stereocenters. The van der Waals surface area contributed by atoms with Crippen LogP contribution in [-0.4, -0.2) is 10.9 Å². The number of benzene rings is 2. The predicted molar refractivity (Wildman–Crippen MR) is 77.4 cm³/mol. The van der Waals surface area contributed by atoms with Crippen molar-refractivity contribution in [3.63, 3.8) is 0 Å². The van der Waals surface area contributed by atoms with E-state index in [0.717, 1.165) is 10.9 Å². The fourth-order valence-electron chi connectivity index (χ4n) is 2.06. The highest BCUT2D eigenvalue weighted by atomic mass is 16.1. The average molecular weight is 261 g/mol. The second-order valence-electron chi connectivity index (χ2n) is 4.43. The van der Waals surface area contributed by atoms with E-state index < -0.39 is 0 Å². The summed E-state index contributed by atoms with van der Waals surface area (Å²) in [6.07, 6.45) is 1.84. The van der Waals surface area contributed by atoms with Crippen LogP contribution >= 0.6 is 0 Å². The number of hydrogen-bond donors (Lipinski definition) is 2. The number of rotatable bonds is 2. The topological polar surface area (TPSA) is 68.7 Å². The minimum absolute atomic E-state index is 0.191. The summed E-state index contributed by atoms with van der Waals surface area (Å²) in [5.41, 5.74) is 2.71. The molecule has 3 aromatic rings. The summed E-state index contributed by atoms with van der Waals surface area (Å²) in [7, 11) is 0. The van der Waals surface area contributed by atoms with Gasteiger partial charge in [-0.25, -0.2) is 0 Å². The molecule has 0 aliphatic carbocycles.